The number of allylic oxidation sites excluding steroid dienone is 1. The molecule has 0 saturated heterocycles. The minimum atomic E-state index is -5.24. The van der Waals surface area contributed by atoms with Gasteiger partial charge in [-0.05, 0) is 31.1 Å². The van der Waals surface area contributed by atoms with Crippen LogP contribution in [0.25, 0.3) is 16.5 Å². The molecule has 180 valence electrons. The topological polar surface area (TPSA) is 78.3 Å². The Kier molecular flexibility index (Phi) is 5.68. The number of benzene rings is 2. The van der Waals surface area contributed by atoms with E-state index in [1.165, 1.54) is 19.9 Å². The zero-order valence-electron chi connectivity index (χ0n) is 17.5. The van der Waals surface area contributed by atoms with E-state index in [-0.39, 0.29) is 28.0 Å². The van der Waals surface area contributed by atoms with Crippen LogP contribution in [0.4, 0.5) is 32.0 Å². The quantitative estimate of drug-likeness (QED) is 0.376. The van der Waals surface area contributed by atoms with Gasteiger partial charge in [-0.25, -0.2) is 23.1 Å². The monoisotopic (exact) mass is 503 g/mol. The molecule has 1 aliphatic rings. The van der Waals surface area contributed by atoms with Gasteiger partial charge >= 0.3 is 6.18 Å². The Bertz CT molecular complexity index is 1360. The van der Waals surface area contributed by atoms with Crippen molar-refractivity contribution in [3.05, 3.63) is 63.8 Å². The molecule has 0 saturated carbocycles. The first-order valence-corrected chi connectivity index (χ1v) is 10.2. The number of aryl methyl sites for hydroxylation is 1. The van der Waals surface area contributed by atoms with E-state index < -0.39 is 63.5 Å². The third-order valence-corrected chi connectivity index (χ3v) is 6.10. The molecule has 3 N–H and O–H groups in total. The SMILES string of the molecule is C/C=C1\C[C@@](O)(C(F)(F)F)[C@@H](Nc2cc(F)c(F)c3nc(C)ncc23)c2cc(Cl)c(F)c(O)c21. The molecule has 1 aliphatic carbocycles. The Labute approximate surface area is 193 Å². The van der Waals surface area contributed by atoms with Crippen molar-refractivity contribution in [3.8, 4) is 5.75 Å². The maximum atomic E-state index is 14.3. The van der Waals surface area contributed by atoms with Gasteiger partial charge < -0.3 is 15.5 Å². The Morgan fingerprint density at radius 2 is 1.88 bits per heavy atom. The van der Waals surface area contributed by atoms with Crippen LogP contribution in [0.3, 0.4) is 0 Å². The molecule has 0 radical (unpaired) electrons. The van der Waals surface area contributed by atoms with Crippen molar-refractivity contribution in [2.75, 3.05) is 5.32 Å². The van der Waals surface area contributed by atoms with Crippen molar-refractivity contribution in [2.45, 2.75) is 38.1 Å². The lowest BCUT2D eigenvalue weighted by Gasteiger charge is -2.44. The summed E-state index contributed by atoms with van der Waals surface area (Å²) in [5, 5.41) is 22.8. The lowest BCUT2D eigenvalue weighted by Crippen LogP contribution is -2.54. The molecule has 1 aromatic heterocycles. The van der Waals surface area contributed by atoms with Crippen molar-refractivity contribution in [2.24, 2.45) is 0 Å². The number of rotatable bonds is 2. The fourth-order valence-corrected chi connectivity index (χ4v) is 4.34. The summed E-state index contributed by atoms with van der Waals surface area (Å²) in [7, 11) is 0. The van der Waals surface area contributed by atoms with Gasteiger partial charge in [0.05, 0.1) is 11.1 Å². The average Bonchev–Trinajstić information content (AvgIpc) is 2.76. The number of halogens is 7. The number of alkyl halides is 3. The van der Waals surface area contributed by atoms with E-state index in [1.54, 1.807) is 0 Å². The van der Waals surface area contributed by atoms with Gasteiger partial charge in [-0.2, -0.15) is 13.2 Å². The molecule has 0 amide bonds. The number of phenols is 1. The number of nitrogens with zero attached hydrogens (tertiary/aromatic N) is 2. The van der Waals surface area contributed by atoms with Gasteiger partial charge in [0, 0.05) is 35.3 Å². The second-order valence-electron chi connectivity index (χ2n) is 7.87. The molecular formula is C22H16ClF6N3O2. The highest BCUT2D eigenvalue weighted by molar-refractivity contribution is 6.31. The van der Waals surface area contributed by atoms with Gasteiger partial charge in [0.15, 0.2) is 28.8 Å². The predicted octanol–water partition coefficient (Wildman–Crippen LogP) is 5.97. The molecule has 0 aliphatic heterocycles. The molecule has 12 heteroatoms. The van der Waals surface area contributed by atoms with Crippen LogP contribution in [0, 0.1) is 24.4 Å². The minimum absolute atomic E-state index is 0.0858. The number of fused-ring (bicyclic) bond motifs is 2. The van der Waals surface area contributed by atoms with Crippen LogP contribution < -0.4 is 5.32 Å². The number of aromatic nitrogens is 2. The van der Waals surface area contributed by atoms with Gasteiger partial charge in [0.25, 0.3) is 0 Å². The third-order valence-electron chi connectivity index (χ3n) is 5.82. The lowest BCUT2D eigenvalue weighted by atomic mass is 9.72. The number of phenolic OH excluding ortho intramolecular Hbond substituents is 1. The normalized spacial score (nSPS) is 21.7. The number of hydrogen-bond donors (Lipinski definition) is 3. The number of aliphatic hydroxyl groups is 1. The van der Waals surface area contributed by atoms with Crippen molar-refractivity contribution in [1.29, 1.82) is 0 Å². The Morgan fingerprint density at radius 1 is 1.21 bits per heavy atom. The predicted molar refractivity (Wildman–Crippen MR) is 113 cm³/mol. The van der Waals surface area contributed by atoms with Crippen molar-refractivity contribution < 1.29 is 36.6 Å². The fourth-order valence-electron chi connectivity index (χ4n) is 4.13. The maximum Gasteiger partial charge on any atom is 0.419 e. The lowest BCUT2D eigenvalue weighted by molar-refractivity contribution is -0.265. The van der Waals surface area contributed by atoms with Gasteiger partial charge in [0.2, 0.25) is 0 Å². The van der Waals surface area contributed by atoms with E-state index >= 15 is 0 Å². The molecular weight excluding hydrogens is 488 g/mol. The van der Waals surface area contributed by atoms with Gasteiger partial charge in [-0.1, -0.05) is 17.7 Å². The summed E-state index contributed by atoms with van der Waals surface area (Å²) in [6, 6.07) is -0.668. The van der Waals surface area contributed by atoms with Gasteiger partial charge in [0.1, 0.15) is 11.3 Å². The van der Waals surface area contributed by atoms with Crippen LogP contribution in [-0.2, 0) is 0 Å². The zero-order chi connectivity index (χ0) is 25.2. The largest absolute Gasteiger partial charge is 0.504 e. The van der Waals surface area contributed by atoms with Gasteiger partial charge in [-0.15, -0.1) is 0 Å². The molecule has 2 atom stereocenters. The second-order valence-corrected chi connectivity index (χ2v) is 8.28. The molecule has 5 nitrogen and oxygen atoms in total. The smallest absolute Gasteiger partial charge is 0.419 e. The molecule has 0 unspecified atom stereocenters. The van der Waals surface area contributed by atoms with E-state index in [1.807, 2.05) is 0 Å². The molecule has 4 rings (SSSR count). The Morgan fingerprint density at radius 3 is 2.50 bits per heavy atom. The number of hydrogen-bond acceptors (Lipinski definition) is 5. The van der Waals surface area contributed by atoms with Gasteiger partial charge in [-0.3, -0.25) is 0 Å². The van der Waals surface area contributed by atoms with E-state index in [2.05, 4.69) is 15.3 Å². The summed E-state index contributed by atoms with van der Waals surface area (Å²) < 4.78 is 85.7. The number of aromatic hydroxyl groups is 1. The highest BCUT2D eigenvalue weighted by Crippen LogP contribution is 2.55. The molecule has 2 aromatic carbocycles. The van der Waals surface area contributed by atoms with E-state index in [9.17, 15) is 36.6 Å². The molecule has 34 heavy (non-hydrogen) atoms. The Hall–Kier alpha value is -3.05. The van der Waals surface area contributed by atoms with Crippen molar-refractivity contribution in [3.63, 3.8) is 0 Å². The van der Waals surface area contributed by atoms with Crippen molar-refractivity contribution in [1.82, 2.24) is 9.97 Å². The first kappa shape index (κ1) is 24.1. The zero-order valence-corrected chi connectivity index (χ0v) is 18.3. The Balaban J connectivity index is 2.02. The molecule has 1 heterocycles. The standard InChI is InChI=1S/C22H16ClF6N3O2/c1-3-9-6-21(34,22(27,28)29)20(10-4-12(23)16(25)19(33)15(9)10)32-14-5-13(24)17(26)18-11(14)7-30-8(2)31-18/h3-5,7,20,32-34H,6H2,1-2H3/b9-3+/t20-,21-/m0/s1. The second kappa shape index (κ2) is 8.02. The van der Waals surface area contributed by atoms with Crippen LogP contribution in [0.15, 0.2) is 24.4 Å². The highest BCUT2D eigenvalue weighted by Gasteiger charge is 2.62. The summed E-state index contributed by atoms with van der Waals surface area (Å²) in [6.07, 6.45) is -4.02. The number of nitrogens with one attached hydrogen (secondary N) is 1. The molecule has 0 spiro atoms. The molecule has 0 bridgehead atoms. The van der Waals surface area contributed by atoms with Crippen LogP contribution in [0.5, 0.6) is 5.75 Å². The minimum Gasteiger partial charge on any atom is -0.504 e. The maximum absolute atomic E-state index is 14.3. The van der Waals surface area contributed by atoms with Crippen molar-refractivity contribution >= 4 is 33.8 Å². The van der Waals surface area contributed by atoms with Crippen LogP contribution in [0.2, 0.25) is 5.02 Å². The summed E-state index contributed by atoms with van der Waals surface area (Å²) in [4.78, 5) is 7.70. The van der Waals surface area contributed by atoms with E-state index in [4.69, 9.17) is 11.6 Å². The summed E-state index contributed by atoms with van der Waals surface area (Å²) in [6.45, 7) is 2.77. The first-order valence-electron chi connectivity index (χ1n) is 9.83. The van der Waals surface area contributed by atoms with Crippen LogP contribution >= 0.6 is 11.6 Å². The van der Waals surface area contributed by atoms with E-state index in [0.717, 1.165) is 12.3 Å². The summed E-state index contributed by atoms with van der Waals surface area (Å²) in [5.74, 6) is -4.91. The van der Waals surface area contributed by atoms with E-state index in [0.29, 0.717) is 6.07 Å². The number of anilines is 1. The van der Waals surface area contributed by atoms with Crippen LogP contribution in [0.1, 0.15) is 36.3 Å². The fraction of sp³-hybridized carbons (Fsp3) is 0.273. The van der Waals surface area contributed by atoms with Crippen LogP contribution in [-0.4, -0.2) is 32.0 Å². The highest BCUT2D eigenvalue weighted by atomic mass is 35.5. The summed E-state index contributed by atoms with van der Waals surface area (Å²) >= 11 is 5.80. The molecule has 3 aromatic rings. The first-order chi connectivity index (χ1) is 15.8. The third kappa shape index (κ3) is 3.54. The summed E-state index contributed by atoms with van der Waals surface area (Å²) in [5.41, 5.74) is -5.23. The average molecular weight is 504 g/mol. The molecule has 0 fully saturated rings.